The van der Waals surface area contributed by atoms with Crippen molar-refractivity contribution in [1.29, 1.82) is 0 Å². The molecule has 0 aromatic heterocycles. The Labute approximate surface area is 211 Å². The van der Waals surface area contributed by atoms with Gasteiger partial charge in [-0.25, -0.2) is 10.2 Å². The van der Waals surface area contributed by atoms with E-state index >= 15 is 0 Å². The zero-order chi connectivity index (χ0) is 25.0. The van der Waals surface area contributed by atoms with Gasteiger partial charge in [0.25, 0.3) is 11.8 Å². The summed E-state index contributed by atoms with van der Waals surface area (Å²) < 4.78 is 11.7. The van der Waals surface area contributed by atoms with Gasteiger partial charge < -0.3 is 14.8 Å². The quantitative estimate of drug-likeness (QED) is 0.173. The number of halogens is 1. The lowest BCUT2D eigenvalue weighted by Crippen LogP contribution is -2.34. The van der Waals surface area contributed by atoms with E-state index in [2.05, 4.69) is 31.8 Å². The number of nitrogens with zero attached hydrogens (tertiary/aromatic N) is 1. The molecular weight excluding hydrogens is 514 g/mol. The number of nitrogens with one attached hydrogen (secondary N) is 2. The number of carbonyl (C=O) groups is 3. The molecule has 0 aliphatic rings. The Morgan fingerprint density at radius 1 is 0.886 bits per heavy atom. The van der Waals surface area contributed by atoms with Crippen molar-refractivity contribution in [2.75, 3.05) is 13.2 Å². The highest BCUT2D eigenvalue weighted by molar-refractivity contribution is 9.10. The fraction of sp³-hybridized carbons (Fsp3) is 0.154. The Bertz CT molecular complexity index is 1180. The number of rotatable bonds is 10. The molecular formula is C26H24BrN3O5. The van der Waals surface area contributed by atoms with Gasteiger partial charge in [-0.05, 0) is 84.8 Å². The zero-order valence-electron chi connectivity index (χ0n) is 19.0. The van der Waals surface area contributed by atoms with Gasteiger partial charge in [-0.2, -0.15) is 5.10 Å². The summed E-state index contributed by atoms with van der Waals surface area (Å²) in [7, 11) is 0. The van der Waals surface area contributed by atoms with Crippen molar-refractivity contribution >= 4 is 39.9 Å². The lowest BCUT2D eigenvalue weighted by atomic mass is 10.2. The van der Waals surface area contributed by atoms with Gasteiger partial charge in [-0.1, -0.05) is 22.9 Å². The molecule has 0 saturated carbocycles. The minimum Gasteiger partial charge on any atom is -0.494 e. The summed E-state index contributed by atoms with van der Waals surface area (Å²) in [6.45, 7) is 2.39. The molecule has 8 nitrogen and oxygen atoms in total. The van der Waals surface area contributed by atoms with E-state index in [9.17, 15) is 14.4 Å². The fourth-order valence-corrected chi connectivity index (χ4v) is 3.04. The first-order chi connectivity index (χ1) is 16.9. The number of carbonyl (C=O) groups excluding carboxylic acids is 3. The number of esters is 1. The monoisotopic (exact) mass is 537 g/mol. The summed E-state index contributed by atoms with van der Waals surface area (Å²) in [6, 6.07) is 20.2. The van der Waals surface area contributed by atoms with Crippen LogP contribution in [0.5, 0.6) is 11.5 Å². The van der Waals surface area contributed by atoms with Crippen molar-refractivity contribution in [2.24, 2.45) is 5.10 Å². The molecule has 0 heterocycles. The number of hydrazone groups is 1. The van der Waals surface area contributed by atoms with E-state index in [1.54, 1.807) is 72.8 Å². The Hall–Kier alpha value is -3.98. The first-order valence-corrected chi connectivity index (χ1v) is 11.6. The second-order valence-electron chi connectivity index (χ2n) is 7.31. The molecule has 0 spiro atoms. The number of hydrogen-bond acceptors (Lipinski definition) is 6. The van der Waals surface area contributed by atoms with E-state index in [0.717, 1.165) is 10.9 Å². The lowest BCUT2D eigenvalue weighted by Gasteiger charge is -2.07. The minimum atomic E-state index is -0.474. The molecule has 2 N–H and O–H groups in total. The van der Waals surface area contributed by atoms with Crippen LogP contribution in [0.3, 0.4) is 0 Å². The van der Waals surface area contributed by atoms with Crippen LogP contribution in [0.1, 0.15) is 39.6 Å². The summed E-state index contributed by atoms with van der Waals surface area (Å²) in [6.07, 6.45) is 2.34. The van der Waals surface area contributed by atoms with Crippen LogP contribution in [0.2, 0.25) is 0 Å². The number of hydrogen-bond donors (Lipinski definition) is 2. The molecule has 35 heavy (non-hydrogen) atoms. The van der Waals surface area contributed by atoms with Crippen LogP contribution in [-0.2, 0) is 4.79 Å². The van der Waals surface area contributed by atoms with Crippen LogP contribution >= 0.6 is 15.9 Å². The van der Waals surface area contributed by atoms with Crippen molar-refractivity contribution in [3.05, 3.63) is 94.0 Å². The second kappa shape index (κ2) is 13.0. The Morgan fingerprint density at radius 2 is 1.51 bits per heavy atom. The van der Waals surface area contributed by atoms with Gasteiger partial charge in [0, 0.05) is 10.0 Å². The van der Waals surface area contributed by atoms with Gasteiger partial charge in [0.2, 0.25) is 0 Å². The molecule has 0 saturated heterocycles. The van der Waals surface area contributed by atoms with Crippen molar-refractivity contribution in [3.8, 4) is 11.5 Å². The maximum Gasteiger partial charge on any atom is 0.343 e. The second-order valence-corrected chi connectivity index (χ2v) is 8.23. The highest BCUT2D eigenvalue weighted by Crippen LogP contribution is 2.16. The van der Waals surface area contributed by atoms with Crippen LogP contribution in [-0.4, -0.2) is 37.1 Å². The zero-order valence-corrected chi connectivity index (χ0v) is 20.6. The molecule has 0 radical (unpaired) electrons. The van der Waals surface area contributed by atoms with E-state index in [1.165, 1.54) is 6.21 Å². The molecule has 9 heteroatoms. The molecule has 3 rings (SSSR count). The van der Waals surface area contributed by atoms with Gasteiger partial charge in [-0.15, -0.1) is 0 Å². The molecule has 0 fully saturated rings. The molecule has 180 valence electrons. The van der Waals surface area contributed by atoms with Gasteiger partial charge in [0.05, 0.1) is 24.9 Å². The number of ether oxygens (including phenoxy) is 2. The normalized spacial score (nSPS) is 10.6. The highest BCUT2D eigenvalue weighted by atomic mass is 79.9. The van der Waals surface area contributed by atoms with Gasteiger partial charge in [-0.3, -0.25) is 9.59 Å². The third-order valence-corrected chi connectivity index (χ3v) is 5.10. The van der Waals surface area contributed by atoms with Crippen molar-refractivity contribution in [1.82, 2.24) is 10.7 Å². The Kier molecular flexibility index (Phi) is 9.56. The van der Waals surface area contributed by atoms with Gasteiger partial charge in [0.1, 0.15) is 11.5 Å². The molecule has 3 aromatic rings. The SMILES string of the molecule is CCCOc1ccc(C(=O)NCC(=O)NN=Cc2ccc(OC(=O)c3ccc(Br)cc3)cc2)cc1. The molecule has 0 aliphatic carbocycles. The van der Waals surface area contributed by atoms with Crippen molar-refractivity contribution in [3.63, 3.8) is 0 Å². The molecule has 0 bridgehead atoms. The molecule has 0 atom stereocenters. The fourth-order valence-electron chi connectivity index (χ4n) is 2.78. The van der Waals surface area contributed by atoms with Crippen LogP contribution in [0.15, 0.2) is 82.4 Å². The van der Waals surface area contributed by atoms with Gasteiger partial charge in [0.15, 0.2) is 0 Å². The minimum absolute atomic E-state index is 0.227. The van der Waals surface area contributed by atoms with Crippen LogP contribution < -0.4 is 20.2 Å². The predicted molar refractivity (Wildman–Crippen MR) is 136 cm³/mol. The standard InChI is InChI=1S/C26H24BrN3O5/c1-2-15-34-22-13-7-19(8-14-22)25(32)28-17-24(31)30-29-16-18-3-11-23(12-4-18)35-26(33)20-5-9-21(27)10-6-20/h3-14,16H,2,15,17H2,1H3,(H,28,32)(H,30,31). The third kappa shape index (κ3) is 8.38. The topological polar surface area (TPSA) is 106 Å². The first-order valence-electron chi connectivity index (χ1n) is 10.9. The van der Waals surface area contributed by atoms with Crippen LogP contribution in [0.4, 0.5) is 0 Å². The van der Waals surface area contributed by atoms with Crippen LogP contribution in [0.25, 0.3) is 0 Å². The Morgan fingerprint density at radius 3 is 2.17 bits per heavy atom. The molecule has 0 aliphatic heterocycles. The summed E-state index contributed by atoms with van der Waals surface area (Å²) in [4.78, 5) is 36.3. The smallest absolute Gasteiger partial charge is 0.343 e. The predicted octanol–water partition coefficient (Wildman–Crippen LogP) is 4.34. The summed E-state index contributed by atoms with van der Waals surface area (Å²) in [5.74, 6) is -0.246. The van der Waals surface area contributed by atoms with E-state index in [4.69, 9.17) is 9.47 Å². The first kappa shape index (κ1) is 25.6. The molecule has 2 amide bonds. The largest absolute Gasteiger partial charge is 0.494 e. The maximum atomic E-state index is 12.2. The highest BCUT2D eigenvalue weighted by Gasteiger charge is 2.09. The summed E-state index contributed by atoms with van der Waals surface area (Å²) >= 11 is 3.32. The lowest BCUT2D eigenvalue weighted by molar-refractivity contribution is -0.120. The third-order valence-electron chi connectivity index (χ3n) is 4.57. The van der Waals surface area contributed by atoms with Crippen molar-refractivity contribution < 1.29 is 23.9 Å². The summed E-state index contributed by atoms with van der Waals surface area (Å²) in [5, 5.41) is 6.41. The van der Waals surface area contributed by atoms with E-state index in [-0.39, 0.29) is 12.5 Å². The number of benzene rings is 3. The van der Waals surface area contributed by atoms with E-state index in [1.807, 2.05) is 6.92 Å². The Balaban J connectivity index is 1.41. The number of amides is 2. The molecule has 3 aromatic carbocycles. The summed E-state index contributed by atoms with van der Waals surface area (Å²) in [5.41, 5.74) is 3.89. The van der Waals surface area contributed by atoms with E-state index < -0.39 is 11.9 Å². The molecule has 0 unspecified atom stereocenters. The maximum absolute atomic E-state index is 12.2. The average Bonchev–Trinajstić information content (AvgIpc) is 2.87. The van der Waals surface area contributed by atoms with Gasteiger partial charge >= 0.3 is 5.97 Å². The van der Waals surface area contributed by atoms with E-state index in [0.29, 0.717) is 34.8 Å². The van der Waals surface area contributed by atoms with Crippen LogP contribution in [0, 0.1) is 0 Å². The van der Waals surface area contributed by atoms with Crippen molar-refractivity contribution in [2.45, 2.75) is 13.3 Å². The average molecular weight is 538 g/mol.